The summed E-state index contributed by atoms with van der Waals surface area (Å²) in [7, 11) is 0. The minimum atomic E-state index is -0.647. The van der Waals surface area contributed by atoms with E-state index >= 15 is 0 Å². The van der Waals surface area contributed by atoms with Gasteiger partial charge in [0.2, 0.25) is 0 Å². The Kier molecular flexibility index (Phi) is 2.55. The smallest absolute Gasteiger partial charge is 0.254 e. The lowest BCUT2D eigenvalue weighted by molar-refractivity contribution is 0.0903. The van der Waals surface area contributed by atoms with Gasteiger partial charge < -0.3 is 16.2 Å². The first kappa shape index (κ1) is 10.9. The fourth-order valence-electron chi connectivity index (χ4n) is 1.50. The van der Waals surface area contributed by atoms with Crippen molar-refractivity contribution in [2.24, 2.45) is 0 Å². The molecule has 1 aromatic rings. The predicted octanol–water partition coefficient (Wildman–Crippen LogP) is 0.663. The summed E-state index contributed by atoms with van der Waals surface area (Å²) in [6, 6.07) is 3.91. The van der Waals surface area contributed by atoms with Crippen LogP contribution in [0, 0.1) is 5.82 Å². The first-order valence-corrected chi connectivity index (χ1v) is 5.05. The molecule has 1 aliphatic rings. The largest absolute Gasteiger partial charge is 0.399 e. The van der Waals surface area contributed by atoms with E-state index < -0.39 is 17.3 Å². The molecular formula is C11H13FN2O2. The van der Waals surface area contributed by atoms with Crippen molar-refractivity contribution in [1.82, 2.24) is 5.32 Å². The highest BCUT2D eigenvalue weighted by Gasteiger charge is 2.43. The van der Waals surface area contributed by atoms with Crippen LogP contribution >= 0.6 is 0 Å². The summed E-state index contributed by atoms with van der Waals surface area (Å²) < 4.78 is 13.4. The van der Waals surface area contributed by atoms with Crippen molar-refractivity contribution in [3.05, 3.63) is 29.6 Å². The Morgan fingerprint density at radius 1 is 1.56 bits per heavy atom. The normalized spacial score (nSPS) is 16.9. The molecule has 0 heterocycles. The minimum absolute atomic E-state index is 0.0473. The van der Waals surface area contributed by atoms with Crippen molar-refractivity contribution in [1.29, 1.82) is 0 Å². The first-order valence-electron chi connectivity index (χ1n) is 5.05. The SMILES string of the molecule is Nc1ccc(C(=O)NC2(CO)CC2)c(F)c1. The molecule has 1 amide bonds. The van der Waals surface area contributed by atoms with E-state index in [1.165, 1.54) is 12.1 Å². The maximum Gasteiger partial charge on any atom is 0.254 e. The number of nitrogens with one attached hydrogen (secondary N) is 1. The molecule has 86 valence electrons. The van der Waals surface area contributed by atoms with E-state index in [0.717, 1.165) is 18.9 Å². The number of nitrogen functional groups attached to an aromatic ring is 1. The van der Waals surface area contributed by atoms with E-state index in [0.29, 0.717) is 0 Å². The first-order chi connectivity index (χ1) is 7.56. The lowest BCUT2D eigenvalue weighted by Crippen LogP contribution is -2.39. The summed E-state index contributed by atoms with van der Waals surface area (Å²) in [5, 5.41) is 11.7. The highest BCUT2D eigenvalue weighted by Crippen LogP contribution is 2.34. The second kappa shape index (κ2) is 3.75. The van der Waals surface area contributed by atoms with Gasteiger partial charge in [-0.15, -0.1) is 0 Å². The quantitative estimate of drug-likeness (QED) is 0.660. The Morgan fingerprint density at radius 2 is 2.25 bits per heavy atom. The van der Waals surface area contributed by atoms with E-state index in [-0.39, 0.29) is 17.9 Å². The number of amides is 1. The van der Waals surface area contributed by atoms with Gasteiger partial charge in [0.1, 0.15) is 5.82 Å². The fraction of sp³-hybridized carbons (Fsp3) is 0.364. The van der Waals surface area contributed by atoms with Crippen LogP contribution in [0.3, 0.4) is 0 Å². The van der Waals surface area contributed by atoms with Gasteiger partial charge in [-0.05, 0) is 31.0 Å². The number of hydrogen-bond donors (Lipinski definition) is 3. The number of rotatable bonds is 3. The number of benzene rings is 1. The van der Waals surface area contributed by atoms with Crippen LogP contribution in [0.25, 0.3) is 0 Å². The molecular weight excluding hydrogens is 211 g/mol. The van der Waals surface area contributed by atoms with Crippen molar-refractivity contribution >= 4 is 11.6 Å². The lowest BCUT2D eigenvalue weighted by Gasteiger charge is -2.14. The number of halogens is 1. The predicted molar refractivity (Wildman–Crippen MR) is 57.3 cm³/mol. The van der Waals surface area contributed by atoms with Gasteiger partial charge in [-0.3, -0.25) is 4.79 Å². The van der Waals surface area contributed by atoms with Crippen molar-refractivity contribution in [3.63, 3.8) is 0 Å². The molecule has 0 radical (unpaired) electrons. The molecule has 0 aromatic heterocycles. The molecule has 0 bridgehead atoms. The third kappa shape index (κ3) is 1.99. The molecule has 16 heavy (non-hydrogen) atoms. The van der Waals surface area contributed by atoms with Crippen LogP contribution in [0.1, 0.15) is 23.2 Å². The molecule has 1 aliphatic carbocycles. The molecule has 1 fully saturated rings. The van der Waals surface area contributed by atoms with Crippen molar-refractivity contribution in [3.8, 4) is 0 Å². The van der Waals surface area contributed by atoms with Gasteiger partial charge in [0.25, 0.3) is 5.91 Å². The van der Waals surface area contributed by atoms with Crippen LogP contribution in [0.4, 0.5) is 10.1 Å². The van der Waals surface area contributed by atoms with Gasteiger partial charge in [0.15, 0.2) is 0 Å². The summed E-state index contributed by atoms with van der Waals surface area (Å²) >= 11 is 0. The number of carbonyl (C=O) groups excluding carboxylic acids is 1. The van der Waals surface area contributed by atoms with E-state index in [2.05, 4.69) is 5.32 Å². The van der Waals surface area contributed by atoms with Gasteiger partial charge >= 0.3 is 0 Å². The van der Waals surface area contributed by atoms with Gasteiger partial charge in [0, 0.05) is 5.69 Å². The number of anilines is 1. The molecule has 1 saturated carbocycles. The average molecular weight is 224 g/mol. The molecule has 1 aromatic carbocycles. The zero-order valence-corrected chi connectivity index (χ0v) is 8.66. The van der Waals surface area contributed by atoms with Crippen LogP contribution in [-0.4, -0.2) is 23.2 Å². The maximum absolute atomic E-state index is 13.4. The molecule has 0 saturated heterocycles. The highest BCUT2D eigenvalue weighted by atomic mass is 19.1. The number of nitrogens with two attached hydrogens (primary N) is 1. The Hall–Kier alpha value is -1.62. The summed E-state index contributed by atoms with van der Waals surface area (Å²) in [4.78, 5) is 11.7. The van der Waals surface area contributed by atoms with Crippen LogP contribution in [-0.2, 0) is 0 Å². The number of aliphatic hydroxyl groups is 1. The number of carbonyl (C=O) groups is 1. The van der Waals surface area contributed by atoms with Gasteiger partial charge in [0.05, 0.1) is 17.7 Å². The molecule has 5 heteroatoms. The van der Waals surface area contributed by atoms with E-state index in [1.54, 1.807) is 0 Å². The third-order valence-electron chi connectivity index (χ3n) is 2.77. The zero-order valence-electron chi connectivity index (χ0n) is 8.66. The number of hydrogen-bond acceptors (Lipinski definition) is 3. The molecule has 4 N–H and O–H groups in total. The van der Waals surface area contributed by atoms with Crippen LogP contribution in [0.15, 0.2) is 18.2 Å². The van der Waals surface area contributed by atoms with Crippen LogP contribution in [0.2, 0.25) is 0 Å². The molecule has 0 unspecified atom stereocenters. The van der Waals surface area contributed by atoms with Crippen LogP contribution < -0.4 is 11.1 Å². The second-order valence-electron chi connectivity index (χ2n) is 4.13. The topological polar surface area (TPSA) is 75.4 Å². The van der Waals surface area contributed by atoms with E-state index in [1.807, 2.05) is 0 Å². The van der Waals surface area contributed by atoms with E-state index in [9.17, 15) is 9.18 Å². The minimum Gasteiger partial charge on any atom is -0.399 e. The monoisotopic (exact) mass is 224 g/mol. The van der Waals surface area contributed by atoms with Gasteiger partial charge in [-0.25, -0.2) is 4.39 Å². The molecule has 2 rings (SSSR count). The highest BCUT2D eigenvalue weighted by molar-refractivity contribution is 5.95. The fourth-order valence-corrected chi connectivity index (χ4v) is 1.50. The Labute approximate surface area is 92.3 Å². The van der Waals surface area contributed by atoms with Crippen molar-refractivity contribution < 1.29 is 14.3 Å². The second-order valence-corrected chi connectivity index (χ2v) is 4.13. The Morgan fingerprint density at radius 3 is 2.75 bits per heavy atom. The molecule has 4 nitrogen and oxygen atoms in total. The third-order valence-corrected chi connectivity index (χ3v) is 2.77. The van der Waals surface area contributed by atoms with Crippen molar-refractivity contribution in [2.75, 3.05) is 12.3 Å². The molecule has 0 aliphatic heterocycles. The van der Waals surface area contributed by atoms with E-state index in [4.69, 9.17) is 10.8 Å². The summed E-state index contributed by atoms with van der Waals surface area (Å²) in [5.41, 5.74) is 5.07. The standard InChI is InChI=1S/C11H13FN2O2/c12-9-5-7(13)1-2-8(9)10(16)14-11(6-15)3-4-11/h1-2,5,15H,3-4,6,13H2,(H,14,16). The summed E-state index contributed by atoms with van der Waals surface area (Å²) in [5.74, 6) is -1.16. The summed E-state index contributed by atoms with van der Waals surface area (Å²) in [6.07, 6.45) is 1.46. The maximum atomic E-state index is 13.4. The van der Waals surface area contributed by atoms with Crippen LogP contribution in [0.5, 0.6) is 0 Å². The lowest BCUT2D eigenvalue weighted by atomic mass is 10.1. The zero-order chi connectivity index (χ0) is 11.8. The number of aliphatic hydroxyl groups excluding tert-OH is 1. The molecule has 0 atom stereocenters. The van der Waals surface area contributed by atoms with Crippen molar-refractivity contribution in [2.45, 2.75) is 18.4 Å². The Balaban J connectivity index is 2.15. The Bertz CT molecular complexity index is 430. The van der Waals surface area contributed by atoms with Gasteiger partial charge in [-0.1, -0.05) is 0 Å². The van der Waals surface area contributed by atoms with Gasteiger partial charge in [-0.2, -0.15) is 0 Å². The summed E-state index contributed by atoms with van der Waals surface area (Å²) in [6.45, 7) is -0.116. The average Bonchev–Trinajstić information content (AvgIpc) is 2.98. The molecule has 0 spiro atoms.